The van der Waals surface area contributed by atoms with Crippen LogP contribution in [0.5, 0.6) is 0 Å². The van der Waals surface area contributed by atoms with Gasteiger partial charge in [0.2, 0.25) is 0 Å². The number of rotatable bonds is 1. The molecular weight excluding hydrogens is 235 g/mol. The van der Waals surface area contributed by atoms with Gasteiger partial charge in [-0.25, -0.2) is 5.06 Å². The summed E-state index contributed by atoms with van der Waals surface area (Å²) in [5, 5.41) is 1.17. The van der Waals surface area contributed by atoms with Crippen LogP contribution in [0, 0.1) is 0 Å². The highest BCUT2D eigenvalue weighted by Gasteiger charge is 2.30. The lowest BCUT2D eigenvalue weighted by atomic mass is 10.1. The Balaban J connectivity index is 2.15. The van der Waals surface area contributed by atoms with Gasteiger partial charge < -0.3 is 0 Å². The molecule has 1 heterocycles. The van der Waals surface area contributed by atoms with E-state index in [-0.39, 0.29) is 5.56 Å². The van der Waals surface area contributed by atoms with E-state index in [0.717, 1.165) is 30.7 Å². The molecule has 1 aliphatic heterocycles. The normalized spacial score (nSPS) is 16.3. The molecule has 1 aliphatic rings. The van der Waals surface area contributed by atoms with Crippen LogP contribution < -0.4 is 0 Å². The first kappa shape index (κ1) is 11.9. The molecule has 1 aromatic rings. The van der Waals surface area contributed by atoms with Gasteiger partial charge in [0, 0.05) is 5.56 Å². The predicted molar refractivity (Wildman–Crippen MR) is 53.0 cm³/mol. The summed E-state index contributed by atoms with van der Waals surface area (Å²) < 4.78 is 36.9. The van der Waals surface area contributed by atoms with E-state index in [0.29, 0.717) is 13.2 Å². The van der Waals surface area contributed by atoms with Gasteiger partial charge in [-0.05, 0) is 30.7 Å². The molecule has 1 amide bonds. The van der Waals surface area contributed by atoms with E-state index in [1.54, 1.807) is 0 Å². The van der Waals surface area contributed by atoms with Crippen molar-refractivity contribution in [2.24, 2.45) is 0 Å². The molecule has 17 heavy (non-hydrogen) atoms. The molecule has 2 rings (SSSR count). The highest BCUT2D eigenvalue weighted by molar-refractivity contribution is 5.93. The van der Waals surface area contributed by atoms with Crippen molar-refractivity contribution in [2.45, 2.75) is 12.6 Å². The molecule has 0 atom stereocenters. The summed E-state index contributed by atoms with van der Waals surface area (Å²) in [6.45, 7) is 0.937. The van der Waals surface area contributed by atoms with E-state index in [9.17, 15) is 18.0 Å². The van der Waals surface area contributed by atoms with Crippen molar-refractivity contribution < 1.29 is 22.8 Å². The first-order valence-electron chi connectivity index (χ1n) is 5.10. The molecule has 0 bridgehead atoms. The third-order valence-corrected chi connectivity index (χ3v) is 2.44. The quantitative estimate of drug-likeness (QED) is 0.760. The number of hydroxylamine groups is 2. The van der Waals surface area contributed by atoms with E-state index in [1.807, 2.05) is 0 Å². The number of amides is 1. The third kappa shape index (κ3) is 2.58. The molecule has 0 N–H and O–H groups in total. The van der Waals surface area contributed by atoms with Crippen molar-refractivity contribution in [2.75, 3.05) is 13.2 Å². The van der Waals surface area contributed by atoms with Crippen molar-refractivity contribution >= 4 is 5.91 Å². The zero-order valence-corrected chi connectivity index (χ0v) is 8.83. The Hall–Kier alpha value is -1.56. The Bertz CT molecular complexity index is 408. The first-order valence-corrected chi connectivity index (χ1v) is 5.10. The maximum Gasteiger partial charge on any atom is 0.416 e. The third-order valence-electron chi connectivity index (χ3n) is 2.44. The minimum atomic E-state index is -4.38. The fourth-order valence-corrected chi connectivity index (χ4v) is 1.55. The zero-order chi connectivity index (χ0) is 12.5. The summed E-state index contributed by atoms with van der Waals surface area (Å²) in [4.78, 5) is 16.8. The lowest BCUT2D eigenvalue weighted by Crippen LogP contribution is -2.26. The number of halogens is 3. The Morgan fingerprint density at radius 2 is 1.88 bits per heavy atom. The number of hydrogen-bond acceptors (Lipinski definition) is 2. The van der Waals surface area contributed by atoms with Crippen LogP contribution in [-0.4, -0.2) is 24.1 Å². The van der Waals surface area contributed by atoms with Crippen LogP contribution in [0.4, 0.5) is 13.2 Å². The number of hydrogen-bond donors (Lipinski definition) is 0. The van der Waals surface area contributed by atoms with E-state index in [1.165, 1.54) is 5.06 Å². The molecule has 6 heteroatoms. The number of carbonyl (C=O) groups excluding carboxylic acids is 1. The molecule has 1 fully saturated rings. The maximum absolute atomic E-state index is 12.3. The summed E-state index contributed by atoms with van der Waals surface area (Å²) in [5.74, 6) is -0.406. The summed E-state index contributed by atoms with van der Waals surface area (Å²) in [5.41, 5.74) is -0.573. The van der Waals surface area contributed by atoms with E-state index < -0.39 is 17.6 Å². The second-order valence-corrected chi connectivity index (χ2v) is 3.67. The van der Waals surface area contributed by atoms with Gasteiger partial charge in [-0.15, -0.1) is 0 Å². The SMILES string of the molecule is O=C(c1ccc(C(F)(F)F)cc1)N1CCCO1. The van der Waals surface area contributed by atoms with Crippen LogP contribution in [0.2, 0.25) is 0 Å². The van der Waals surface area contributed by atoms with Crippen molar-refractivity contribution in [3.8, 4) is 0 Å². The van der Waals surface area contributed by atoms with Crippen molar-refractivity contribution in [3.05, 3.63) is 35.4 Å². The van der Waals surface area contributed by atoms with Crippen LogP contribution in [-0.2, 0) is 11.0 Å². The van der Waals surface area contributed by atoms with Gasteiger partial charge in [0.15, 0.2) is 0 Å². The van der Waals surface area contributed by atoms with Gasteiger partial charge in [-0.3, -0.25) is 9.63 Å². The van der Waals surface area contributed by atoms with E-state index >= 15 is 0 Å². The van der Waals surface area contributed by atoms with Crippen molar-refractivity contribution in [1.29, 1.82) is 0 Å². The Morgan fingerprint density at radius 1 is 1.24 bits per heavy atom. The van der Waals surface area contributed by atoms with Crippen LogP contribution in [0.15, 0.2) is 24.3 Å². The molecule has 1 saturated heterocycles. The minimum absolute atomic E-state index is 0.194. The molecule has 0 saturated carbocycles. The lowest BCUT2D eigenvalue weighted by molar-refractivity contribution is -0.137. The molecule has 0 unspecified atom stereocenters. The molecule has 3 nitrogen and oxygen atoms in total. The highest BCUT2D eigenvalue weighted by atomic mass is 19.4. The maximum atomic E-state index is 12.3. The second kappa shape index (κ2) is 4.37. The predicted octanol–water partition coefficient (Wildman–Crippen LogP) is 2.48. The average molecular weight is 245 g/mol. The molecule has 0 radical (unpaired) electrons. The van der Waals surface area contributed by atoms with Gasteiger partial charge in [0.05, 0.1) is 18.7 Å². The molecular formula is C11H10F3NO2. The fourth-order valence-electron chi connectivity index (χ4n) is 1.55. The van der Waals surface area contributed by atoms with Gasteiger partial charge >= 0.3 is 6.18 Å². The summed E-state index contributed by atoms with van der Waals surface area (Å²) in [6, 6.07) is 4.10. The smallest absolute Gasteiger partial charge is 0.271 e. The zero-order valence-electron chi connectivity index (χ0n) is 8.83. The Kier molecular flexibility index (Phi) is 3.06. The molecule has 0 spiro atoms. The largest absolute Gasteiger partial charge is 0.416 e. The van der Waals surface area contributed by atoms with Gasteiger partial charge in [-0.2, -0.15) is 13.2 Å². The summed E-state index contributed by atoms with van der Waals surface area (Å²) in [6.07, 6.45) is -3.64. The van der Waals surface area contributed by atoms with Crippen LogP contribution in [0.3, 0.4) is 0 Å². The average Bonchev–Trinajstić information content (AvgIpc) is 2.80. The molecule has 1 aromatic carbocycles. The molecule has 0 aliphatic carbocycles. The van der Waals surface area contributed by atoms with Crippen LogP contribution in [0.1, 0.15) is 22.3 Å². The Morgan fingerprint density at radius 3 is 2.35 bits per heavy atom. The monoisotopic (exact) mass is 245 g/mol. The number of nitrogens with zero attached hydrogens (tertiary/aromatic N) is 1. The van der Waals surface area contributed by atoms with Gasteiger partial charge in [-0.1, -0.05) is 0 Å². The minimum Gasteiger partial charge on any atom is -0.271 e. The van der Waals surface area contributed by atoms with E-state index in [4.69, 9.17) is 4.84 Å². The van der Waals surface area contributed by atoms with E-state index in [2.05, 4.69) is 0 Å². The van der Waals surface area contributed by atoms with Gasteiger partial charge in [0.1, 0.15) is 0 Å². The van der Waals surface area contributed by atoms with Gasteiger partial charge in [0.25, 0.3) is 5.91 Å². The standard InChI is InChI=1S/C11H10F3NO2/c12-11(13,14)9-4-2-8(3-5-9)10(16)15-6-1-7-17-15/h2-5H,1,6-7H2. The number of alkyl halides is 3. The number of benzene rings is 1. The summed E-state index contributed by atoms with van der Waals surface area (Å²) in [7, 11) is 0. The summed E-state index contributed by atoms with van der Waals surface area (Å²) >= 11 is 0. The topological polar surface area (TPSA) is 29.5 Å². The van der Waals surface area contributed by atoms with Crippen molar-refractivity contribution in [1.82, 2.24) is 5.06 Å². The number of carbonyl (C=O) groups is 1. The highest BCUT2D eigenvalue weighted by Crippen LogP contribution is 2.29. The lowest BCUT2D eigenvalue weighted by Gasteiger charge is -2.14. The first-order chi connectivity index (χ1) is 7.98. The van der Waals surface area contributed by atoms with Crippen LogP contribution >= 0.6 is 0 Å². The molecule has 92 valence electrons. The Labute approximate surface area is 95.7 Å². The second-order valence-electron chi connectivity index (χ2n) is 3.67. The van der Waals surface area contributed by atoms with Crippen LogP contribution in [0.25, 0.3) is 0 Å². The fraction of sp³-hybridized carbons (Fsp3) is 0.364. The molecule has 0 aromatic heterocycles. The van der Waals surface area contributed by atoms with Crippen molar-refractivity contribution in [3.63, 3.8) is 0 Å².